The van der Waals surface area contributed by atoms with Gasteiger partial charge in [-0.15, -0.1) is 52.7 Å². The largest absolute Gasteiger partial charge is 0.390 e. The average molecular weight is 997 g/mol. The molecule has 4 fully saturated rings. The summed E-state index contributed by atoms with van der Waals surface area (Å²) in [4.78, 5) is 0. The van der Waals surface area contributed by atoms with E-state index in [1.54, 1.807) is 6.92 Å². The van der Waals surface area contributed by atoms with Gasteiger partial charge >= 0.3 is 0 Å². The van der Waals surface area contributed by atoms with Crippen molar-refractivity contribution >= 4 is 91.0 Å². The molecule has 4 N–H and O–H groups in total. The second-order valence-electron chi connectivity index (χ2n) is 19.4. The molecule has 4 radical (unpaired) electrons. The molecule has 336 valence electrons. The second-order valence-corrected chi connectivity index (χ2v) is 38.1. The molecule has 0 aromatic heterocycles. The van der Waals surface area contributed by atoms with Crippen LogP contribution in [0.15, 0.2) is 0 Å². The molecule has 4 heterocycles. The van der Waals surface area contributed by atoms with Crippen molar-refractivity contribution in [1.82, 2.24) is 0 Å². The van der Waals surface area contributed by atoms with Gasteiger partial charge in [0.15, 0.2) is 6.17 Å². The van der Waals surface area contributed by atoms with Crippen LogP contribution in [-0.4, -0.2) is 222 Å². The van der Waals surface area contributed by atoms with Crippen molar-refractivity contribution in [2.75, 3.05) is 78.0 Å². The molecule has 0 bridgehead atoms. The van der Waals surface area contributed by atoms with Gasteiger partial charge in [-0.25, -0.2) is 4.39 Å². The Morgan fingerprint density at radius 1 is 0.509 bits per heavy atom. The summed E-state index contributed by atoms with van der Waals surface area (Å²) in [6.45, 7) is 20.9. The lowest BCUT2D eigenvalue weighted by atomic mass is 9.86. The first-order valence-corrected chi connectivity index (χ1v) is 33.5. The molecule has 0 spiro atoms. The van der Waals surface area contributed by atoms with Gasteiger partial charge in [0.05, 0.1) is 58.9 Å². The van der Waals surface area contributed by atoms with E-state index in [0.717, 1.165) is 50.3 Å². The average Bonchev–Trinajstić information content (AvgIpc) is 3.66. The molecule has 4 aliphatic rings. The number of hydrogen-bond donors (Lipinski definition) is 4. The van der Waals surface area contributed by atoms with Crippen molar-refractivity contribution in [3.05, 3.63) is 0 Å². The summed E-state index contributed by atoms with van der Waals surface area (Å²) in [5.74, 6) is 0.0949. The summed E-state index contributed by atoms with van der Waals surface area (Å²) in [6, 6.07) is -0.609. The van der Waals surface area contributed by atoms with Crippen LogP contribution in [0.25, 0.3) is 0 Å². The van der Waals surface area contributed by atoms with Crippen molar-refractivity contribution in [2.24, 2.45) is 11.8 Å². The van der Waals surface area contributed by atoms with Crippen LogP contribution in [0.2, 0.25) is 0 Å². The van der Waals surface area contributed by atoms with Gasteiger partial charge in [-0.1, -0.05) is 43.9 Å². The standard InChI is InChI=1S/2C10H20BO2P.C10H20FO2P.C10H20IO2P.CH4/c2*1-7-9(12)8(13-10(7)11)5-6-14(2,3)4;2*1-7-9(11)10(12)8(13-7)5-6-14(2,3)4;/h4*7-10,12H,2,5-6H2,1,3-4H3;1H4/t2*7-,8-,9+,10-;2*7-,8+,9-,10+;/m1100./s1. The van der Waals surface area contributed by atoms with Gasteiger partial charge in [-0.05, 0) is 117 Å². The fraction of sp³-hybridized carbons (Fsp3) is 0.902. The zero-order valence-corrected chi connectivity index (χ0v) is 42.6. The number of alkyl halides is 2. The molecular weight excluding hydrogens is 912 g/mol. The Bertz CT molecular complexity index is 1160. The van der Waals surface area contributed by atoms with Gasteiger partial charge < -0.3 is 39.4 Å². The lowest BCUT2D eigenvalue weighted by Gasteiger charge is -2.19. The fourth-order valence-corrected chi connectivity index (χ4v) is 11.0. The van der Waals surface area contributed by atoms with E-state index in [-0.39, 0.29) is 71.8 Å². The Hall–Kier alpha value is 1.67. The van der Waals surface area contributed by atoms with Crippen molar-refractivity contribution in [1.29, 1.82) is 0 Å². The number of aliphatic hydroxyl groups excluding tert-OH is 4. The van der Waals surface area contributed by atoms with Gasteiger partial charge in [-0.3, -0.25) is 0 Å². The minimum absolute atomic E-state index is 0. The van der Waals surface area contributed by atoms with Crippen LogP contribution in [0.5, 0.6) is 0 Å². The number of aliphatic hydroxyl groups is 4. The van der Waals surface area contributed by atoms with Crippen LogP contribution >= 0.6 is 50.1 Å². The topological polar surface area (TPSA) is 118 Å². The Labute approximate surface area is 366 Å². The quantitative estimate of drug-likeness (QED) is 0.0792. The molecule has 8 nitrogen and oxygen atoms in total. The van der Waals surface area contributed by atoms with Crippen molar-refractivity contribution < 1.29 is 43.8 Å². The monoisotopic (exact) mass is 996 g/mol. The van der Waals surface area contributed by atoms with E-state index in [1.165, 1.54) is 0 Å². The molecule has 16 atom stereocenters. The Morgan fingerprint density at radius 2 is 0.772 bits per heavy atom. The molecule has 4 rings (SSSR count). The number of rotatable bonds is 12. The molecule has 57 heavy (non-hydrogen) atoms. The van der Waals surface area contributed by atoms with Crippen molar-refractivity contribution in [3.8, 4) is 0 Å². The predicted octanol–water partition coefficient (Wildman–Crippen LogP) is 6.20. The van der Waals surface area contributed by atoms with Crippen LogP contribution in [0.3, 0.4) is 0 Å². The van der Waals surface area contributed by atoms with E-state index in [0.29, 0.717) is 0 Å². The zero-order chi connectivity index (χ0) is 43.7. The van der Waals surface area contributed by atoms with Crippen LogP contribution in [0, 0.1) is 11.8 Å². The molecule has 0 amide bonds. The molecule has 0 aromatic carbocycles. The first kappa shape index (κ1) is 58.7. The minimum atomic E-state index is -1.23. The molecule has 0 unspecified atom stereocenters. The van der Waals surface area contributed by atoms with Gasteiger partial charge in [0.25, 0.3) is 0 Å². The molecule has 4 aliphatic heterocycles. The summed E-state index contributed by atoms with van der Waals surface area (Å²) in [5, 5.41) is 39.0. The lowest BCUT2D eigenvalue weighted by molar-refractivity contribution is 0.0150. The van der Waals surface area contributed by atoms with E-state index < -0.39 is 58.1 Å². The van der Waals surface area contributed by atoms with Crippen molar-refractivity contribution in [3.63, 3.8) is 0 Å². The summed E-state index contributed by atoms with van der Waals surface area (Å²) in [7, 11) is 11.4. The summed E-state index contributed by atoms with van der Waals surface area (Å²) in [5.41, 5.74) is 0. The normalized spacial score (nSPS) is 38.2. The van der Waals surface area contributed by atoms with E-state index >= 15 is 0 Å². The highest BCUT2D eigenvalue weighted by Crippen LogP contribution is 2.41. The Morgan fingerprint density at radius 3 is 0.965 bits per heavy atom. The van der Waals surface area contributed by atoms with Crippen LogP contribution in [-0.2, 0) is 18.9 Å². The van der Waals surface area contributed by atoms with Gasteiger partial charge in [0.1, 0.15) is 21.8 Å². The smallest absolute Gasteiger partial charge is 0.154 e. The highest BCUT2D eigenvalue weighted by molar-refractivity contribution is 14.1. The van der Waals surface area contributed by atoms with Gasteiger partial charge in [-0.2, -0.15) is 0 Å². The first-order chi connectivity index (χ1) is 25.2. The zero-order valence-electron chi connectivity index (χ0n) is 36.8. The third-order valence-electron chi connectivity index (χ3n) is 10.7. The molecule has 16 heteroatoms. The number of ether oxygens (including phenoxy) is 4. The van der Waals surface area contributed by atoms with Crippen LogP contribution in [0.1, 0.15) is 60.8 Å². The molecule has 4 saturated heterocycles. The van der Waals surface area contributed by atoms with Crippen LogP contribution < -0.4 is 0 Å². The van der Waals surface area contributed by atoms with Crippen LogP contribution in [0.4, 0.5) is 4.39 Å². The fourth-order valence-electron chi connectivity index (χ4n) is 6.57. The molecular formula is C41H84B2FIO8P4. The highest BCUT2D eigenvalue weighted by Gasteiger charge is 2.42. The maximum atomic E-state index is 13.2. The van der Waals surface area contributed by atoms with Gasteiger partial charge in [0.2, 0.25) is 0 Å². The van der Waals surface area contributed by atoms with E-state index in [1.807, 2.05) is 20.8 Å². The molecule has 0 saturated carbocycles. The number of hydrogen-bond acceptors (Lipinski definition) is 8. The lowest BCUT2D eigenvalue weighted by Crippen LogP contribution is -2.28. The van der Waals surface area contributed by atoms with E-state index in [9.17, 15) is 24.8 Å². The third kappa shape index (κ3) is 22.2. The maximum Gasteiger partial charge on any atom is 0.154 e. The molecule has 0 aliphatic carbocycles. The second kappa shape index (κ2) is 25.2. The highest BCUT2D eigenvalue weighted by atomic mass is 127. The molecule has 0 aromatic rings. The van der Waals surface area contributed by atoms with Gasteiger partial charge in [0, 0.05) is 23.8 Å². The van der Waals surface area contributed by atoms with E-state index in [2.05, 4.69) is 101 Å². The summed E-state index contributed by atoms with van der Waals surface area (Å²) >= 11 is 2.28. The Kier molecular flexibility index (Phi) is 26.0. The first-order valence-electron chi connectivity index (χ1n) is 20.1. The third-order valence-corrected chi connectivity index (χ3v) is 18.3. The SMILES string of the molecule is C.C=P(C)(C)CC[C@H]1O[C@@H](C)[C@H](F)[C@@H]1O.C=P(C)(C)CC[C@H]1O[C@@H](C)[C@H](I)[C@@H]1O.[B][C@@H]1O[C@H](CCP(=C)(C)C)[C@@H](O)[C@H]1C.[B][C@@H]1O[C@H](CCP(=C)(C)C)[C@@H](O)[C@H]1C. The maximum absolute atomic E-state index is 13.2. The Balaban J connectivity index is 0.000000729. The summed E-state index contributed by atoms with van der Waals surface area (Å²) < 4.78 is 35.5. The minimum Gasteiger partial charge on any atom is -0.390 e. The van der Waals surface area contributed by atoms with E-state index in [4.69, 9.17) is 34.6 Å². The number of halogens is 2. The van der Waals surface area contributed by atoms with Crippen molar-refractivity contribution in [2.45, 2.75) is 144 Å². The predicted molar refractivity (Wildman–Crippen MR) is 271 cm³/mol. The summed E-state index contributed by atoms with van der Waals surface area (Å²) in [6.07, 6.45) is 20.0.